The van der Waals surface area contributed by atoms with Gasteiger partial charge in [0.25, 0.3) is 0 Å². The number of rotatable bonds is 2. The molecule has 13 heavy (non-hydrogen) atoms. The van der Waals surface area contributed by atoms with Crippen molar-refractivity contribution in [1.82, 2.24) is 0 Å². The molecule has 0 aromatic heterocycles. The average molecular weight is 175 g/mol. The van der Waals surface area contributed by atoms with Crippen LogP contribution in [0.15, 0.2) is 24.3 Å². The summed E-state index contributed by atoms with van der Waals surface area (Å²) in [6.07, 6.45) is 2.64. The van der Waals surface area contributed by atoms with Crippen LogP contribution in [-0.2, 0) is 0 Å². The first kappa shape index (κ1) is 8.76. The molecule has 0 radical (unpaired) electrons. The maximum atomic E-state index is 5.69. The highest BCUT2D eigenvalue weighted by Gasteiger charge is 2.30. The van der Waals surface area contributed by atoms with Crippen LogP contribution >= 0.6 is 0 Å². The number of hydrogen-bond acceptors (Lipinski definition) is 1. The molecule has 2 rings (SSSR count). The molecule has 1 saturated carbocycles. The molecule has 1 aromatic carbocycles. The molecule has 1 aliphatic carbocycles. The zero-order valence-corrected chi connectivity index (χ0v) is 8.16. The predicted molar refractivity (Wildman–Crippen MR) is 55.7 cm³/mol. The van der Waals surface area contributed by atoms with Gasteiger partial charge in [-0.15, -0.1) is 0 Å². The fraction of sp³-hybridized carbons (Fsp3) is 0.500. The van der Waals surface area contributed by atoms with Crippen LogP contribution in [0.2, 0.25) is 0 Å². The maximum absolute atomic E-state index is 5.69. The van der Waals surface area contributed by atoms with Crippen molar-refractivity contribution in [2.75, 3.05) is 6.54 Å². The van der Waals surface area contributed by atoms with E-state index < -0.39 is 0 Å². The van der Waals surface area contributed by atoms with Crippen molar-refractivity contribution in [2.24, 2.45) is 11.7 Å². The summed E-state index contributed by atoms with van der Waals surface area (Å²) in [7, 11) is 0. The summed E-state index contributed by atoms with van der Waals surface area (Å²) in [6.45, 7) is 2.98. The Morgan fingerprint density at radius 3 is 2.38 bits per heavy atom. The lowest BCUT2D eigenvalue weighted by Gasteiger charge is -2.36. The van der Waals surface area contributed by atoms with Crippen molar-refractivity contribution in [3.8, 4) is 0 Å². The van der Waals surface area contributed by atoms with Gasteiger partial charge in [0, 0.05) is 0 Å². The minimum atomic E-state index is 0.739. The van der Waals surface area contributed by atoms with Crippen LogP contribution in [0, 0.1) is 12.8 Å². The second-order valence-electron chi connectivity index (χ2n) is 4.09. The molecule has 0 amide bonds. The molecule has 0 bridgehead atoms. The lowest BCUT2D eigenvalue weighted by Crippen LogP contribution is -2.30. The van der Waals surface area contributed by atoms with Crippen LogP contribution in [0.1, 0.15) is 29.9 Å². The summed E-state index contributed by atoms with van der Waals surface area (Å²) in [5, 5.41) is 0. The molecule has 0 heterocycles. The Morgan fingerprint density at radius 2 is 1.92 bits per heavy atom. The topological polar surface area (TPSA) is 26.0 Å². The molecule has 0 aliphatic heterocycles. The second kappa shape index (κ2) is 3.51. The molecular formula is C12H17N. The molecule has 0 spiro atoms. The number of nitrogens with two attached hydrogens (primary N) is 1. The Hall–Kier alpha value is -0.820. The minimum absolute atomic E-state index is 0.739. The molecule has 1 heteroatoms. The van der Waals surface area contributed by atoms with E-state index in [0.717, 1.165) is 18.4 Å². The quantitative estimate of drug-likeness (QED) is 0.734. The van der Waals surface area contributed by atoms with Crippen molar-refractivity contribution in [2.45, 2.75) is 25.7 Å². The highest BCUT2D eigenvalue weighted by molar-refractivity contribution is 5.26. The lowest BCUT2D eigenvalue weighted by molar-refractivity contribution is 0.263. The third kappa shape index (κ3) is 1.61. The smallest absolute Gasteiger partial charge is 0.00430 e. The largest absolute Gasteiger partial charge is 0.330 e. The second-order valence-corrected chi connectivity index (χ2v) is 4.09. The van der Waals surface area contributed by atoms with Gasteiger partial charge in [-0.2, -0.15) is 0 Å². The summed E-state index contributed by atoms with van der Waals surface area (Å²) < 4.78 is 0. The van der Waals surface area contributed by atoms with Crippen LogP contribution in [0.25, 0.3) is 0 Å². The molecule has 1 aliphatic rings. The van der Waals surface area contributed by atoms with E-state index in [1.54, 1.807) is 0 Å². The highest BCUT2D eigenvalue weighted by atomic mass is 14.6. The third-order valence-corrected chi connectivity index (χ3v) is 3.23. The van der Waals surface area contributed by atoms with Gasteiger partial charge in [-0.25, -0.2) is 0 Å². The normalized spacial score (nSPS) is 26.9. The standard InChI is InChI=1S/C12H17N/c1-9-2-4-10(5-3-9)12-7-6-11(12)8-13/h2-5,11-12H,6-8,13H2,1H3. The summed E-state index contributed by atoms with van der Waals surface area (Å²) in [5.41, 5.74) is 8.51. The predicted octanol–water partition coefficient (Wildman–Crippen LogP) is 2.45. The van der Waals surface area contributed by atoms with E-state index in [4.69, 9.17) is 5.73 Å². The van der Waals surface area contributed by atoms with Gasteiger partial charge >= 0.3 is 0 Å². The summed E-state index contributed by atoms with van der Waals surface area (Å²) >= 11 is 0. The molecule has 0 saturated heterocycles. The number of aryl methyl sites for hydroxylation is 1. The van der Waals surface area contributed by atoms with E-state index in [1.807, 2.05) is 0 Å². The van der Waals surface area contributed by atoms with Crippen molar-refractivity contribution in [1.29, 1.82) is 0 Å². The van der Waals surface area contributed by atoms with Gasteiger partial charge in [0.05, 0.1) is 0 Å². The van der Waals surface area contributed by atoms with Crippen molar-refractivity contribution in [3.05, 3.63) is 35.4 Å². The van der Waals surface area contributed by atoms with E-state index in [9.17, 15) is 0 Å². The Morgan fingerprint density at radius 1 is 1.23 bits per heavy atom. The van der Waals surface area contributed by atoms with Gasteiger partial charge in [0.15, 0.2) is 0 Å². The zero-order chi connectivity index (χ0) is 9.26. The van der Waals surface area contributed by atoms with Gasteiger partial charge < -0.3 is 5.73 Å². The van der Waals surface area contributed by atoms with Gasteiger partial charge in [-0.05, 0) is 43.7 Å². The first-order chi connectivity index (χ1) is 6.31. The molecule has 1 nitrogen and oxygen atoms in total. The Labute approximate surface area is 80.0 Å². The Kier molecular flexibility index (Phi) is 2.36. The fourth-order valence-corrected chi connectivity index (χ4v) is 2.10. The van der Waals surface area contributed by atoms with Crippen LogP contribution < -0.4 is 5.73 Å². The first-order valence-electron chi connectivity index (χ1n) is 5.08. The summed E-state index contributed by atoms with van der Waals surface area (Å²) in [5.74, 6) is 1.48. The van der Waals surface area contributed by atoms with Crippen molar-refractivity contribution < 1.29 is 0 Å². The summed E-state index contributed by atoms with van der Waals surface area (Å²) in [6, 6.07) is 8.89. The Balaban J connectivity index is 2.12. The zero-order valence-electron chi connectivity index (χ0n) is 8.16. The van der Waals surface area contributed by atoms with E-state index in [-0.39, 0.29) is 0 Å². The van der Waals surface area contributed by atoms with Gasteiger partial charge in [0.1, 0.15) is 0 Å². The molecule has 2 N–H and O–H groups in total. The third-order valence-electron chi connectivity index (χ3n) is 3.23. The number of hydrogen-bond donors (Lipinski definition) is 1. The van der Waals surface area contributed by atoms with Gasteiger partial charge in [0.2, 0.25) is 0 Å². The molecule has 2 unspecified atom stereocenters. The number of benzene rings is 1. The Bertz CT molecular complexity index is 274. The fourth-order valence-electron chi connectivity index (χ4n) is 2.10. The lowest BCUT2D eigenvalue weighted by atomic mass is 9.70. The van der Waals surface area contributed by atoms with Crippen LogP contribution in [0.5, 0.6) is 0 Å². The van der Waals surface area contributed by atoms with E-state index in [1.165, 1.54) is 24.0 Å². The molecule has 1 aromatic rings. The van der Waals surface area contributed by atoms with Crippen molar-refractivity contribution >= 4 is 0 Å². The maximum Gasteiger partial charge on any atom is -0.00430 e. The van der Waals surface area contributed by atoms with Crippen LogP contribution in [-0.4, -0.2) is 6.54 Å². The van der Waals surface area contributed by atoms with E-state index in [2.05, 4.69) is 31.2 Å². The molecule has 70 valence electrons. The summed E-state index contributed by atoms with van der Waals surface area (Å²) in [4.78, 5) is 0. The van der Waals surface area contributed by atoms with Crippen molar-refractivity contribution in [3.63, 3.8) is 0 Å². The van der Waals surface area contributed by atoms with Gasteiger partial charge in [-0.1, -0.05) is 29.8 Å². The average Bonchev–Trinajstić information content (AvgIpc) is 2.08. The van der Waals surface area contributed by atoms with Crippen LogP contribution in [0.4, 0.5) is 0 Å². The minimum Gasteiger partial charge on any atom is -0.330 e. The first-order valence-corrected chi connectivity index (χ1v) is 5.08. The molecular weight excluding hydrogens is 158 g/mol. The highest BCUT2D eigenvalue weighted by Crippen LogP contribution is 2.41. The van der Waals surface area contributed by atoms with Crippen LogP contribution in [0.3, 0.4) is 0 Å². The van der Waals surface area contributed by atoms with E-state index in [0.29, 0.717) is 0 Å². The van der Waals surface area contributed by atoms with Gasteiger partial charge in [-0.3, -0.25) is 0 Å². The SMILES string of the molecule is Cc1ccc(C2CCC2CN)cc1. The molecule has 2 atom stereocenters. The monoisotopic (exact) mass is 175 g/mol. The molecule has 1 fully saturated rings. The van der Waals surface area contributed by atoms with E-state index >= 15 is 0 Å².